The Morgan fingerprint density at radius 2 is 1.65 bits per heavy atom. The number of carbonyl (C=O) groups excluding carboxylic acids is 2. The number of benzene rings is 2. The van der Waals surface area contributed by atoms with Crippen molar-refractivity contribution in [2.45, 2.75) is 39.9 Å². The van der Waals surface area contributed by atoms with Gasteiger partial charge in [-0.3, -0.25) is 0 Å². The first-order valence-corrected chi connectivity index (χ1v) is 7.58. The minimum absolute atomic E-state index is 0.0330. The highest BCUT2D eigenvalue weighted by molar-refractivity contribution is 6.20. The monoisotopic (exact) mass is 314 g/mol. The predicted octanol–water partition coefficient (Wildman–Crippen LogP) is 3.72. The minimum Gasteiger partial charge on any atom is -0.490 e. The van der Waals surface area contributed by atoms with Gasteiger partial charge in [-0.15, -0.1) is 0 Å². The number of hydrogen-bond acceptors (Lipinski definition) is 5. The summed E-state index contributed by atoms with van der Waals surface area (Å²) in [5.74, 6) is -0.361. The molecule has 2 aromatic rings. The molecule has 0 radical (unpaired) electrons. The summed E-state index contributed by atoms with van der Waals surface area (Å²) in [6.45, 7) is 7.57. The third kappa shape index (κ3) is 2.63. The van der Waals surface area contributed by atoms with Gasteiger partial charge in [0.2, 0.25) is 0 Å². The van der Waals surface area contributed by atoms with Crippen LogP contribution in [0.1, 0.15) is 48.4 Å². The van der Waals surface area contributed by atoms with Crippen molar-refractivity contribution >= 4 is 22.7 Å². The topological polar surface area (TPSA) is 61.8 Å². The molecule has 0 spiro atoms. The fourth-order valence-corrected chi connectivity index (χ4v) is 2.65. The molecule has 2 aromatic carbocycles. The Hall–Kier alpha value is -2.56. The zero-order chi connectivity index (χ0) is 16.7. The van der Waals surface area contributed by atoms with E-state index in [2.05, 4.69) is 0 Å². The van der Waals surface area contributed by atoms with Crippen molar-refractivity contribution in [3.63, 3.8) is 0 Å². The summed E-state index contributed by atoms with van der Waals surface area (Å²) in [6, 6.07) is 7.17. The van der Waals surface area contributed by atoms with Crippen molar-refractivity contribution in [2.75, 3.05) is 0 Å². The Labute approximate surface area is 134 Å². The molecular formula is C18H18O5. The van der Waals surface area contributed by atoms with Crippen molar-refractivity contribution in [3.05, 3.63) is 35.4 Å². The first-order valence-electron chi connectivity index (χ1n) is 7.58. The van der Waals surface area contributed by atoms with Crippen molar-refractivity contribution in [1.29, 1.82) is 0 Å². The molecule has 0 bridgehead atoms. The lowest BCUT2D eigenvalue weighted by Crippen LogP contribution is -2.11. The number of carbonyl (C=O) groups is 2. The van der Waals surface area contributed by atoms with E-state index in [9.17, 15) is 9.59 Å². The molecule has 1 heterocycles. The normalized spacial score (nSPS) is 13.7. The minimum atomic E-state index is -0.679. The van der Waals surface area contributed by atoms with Gasteiger partial charge in [0.25, 0.3) is 0 Å². The third-order valence-electron chi connectivity index (χ3n) is 3.41. The molecule has 5 nitrogen and oxygen atoms in total. The van der Waals surface area contributed by atoms with Crippen molar-refractivity contribution in [2.24, 2.45) is 0 Å². The number of esters is 2. The quantitative estimate of drug-likeness (QED) is 0.635. The average Bonchev–Trinajstić information content (AvgIpc) is 2.72. The summed E-state index contributed by atoms with van der Waals surface area (Å²) in [5.41, 5.74) is 0.413. The SMILES string of the molecule is CC(C)Oc1cccc2cc3c(c(OC(C)C)c12)C(=O)OC3=O. The molecule has 0 amide bonds. The van der Waals surface area contributed by atoms with Gasteiger partial charge in [-0.25, -0.2) is 9.59 Å². The van der Waals surface area contributed by atoms with Crippen LogP contribution < -0.4 is 9.47 Å². The lowest BCUT2D eigenvalue weighted by molar-refractivity contribution is 0.0442. The van der Waals surface area contributed by atoms with E-state index in [1.165, 1.54) is 0 Å². The summed E-state index contributed by atoms with van der Waals surface area (Å²) in [7, 11) is 0. The Kier molecular flexibility index (Phi) is 3.72. The van der Waals surface area contributed by atoms with Gasteiger partial charge in [-0.2, -0.15) is 0 Å². The number of ether oxygens (including phenoxy) is 3. The molecule has 0 saturated carbocycles. The molecule has 0 N–H and O–H groups in total. The van der Waals surface area contributed by atoms with Gasteiger partial charge in [0, 0.05) is 0 Å². The van der Waals surface area contributed by atoms with Gasteiger partial charge in [-0.1, -0.05) is 12.1 Å². The van der Waals surface area contributed by atoms with Crippen LogP contribution in [-0.4, -0.2) is 24.1 Å². The van der Waals surface area contributed by atoms with E-state index in [0.29, 0.717) is 16.9 Å². The van der Waals surface area contributed by atoms with Crippen LogP contribution in [0, 0.1) is 0 Å². The van der Waals surface area contributed by atoms with Gasteiger partial charge in [0.1, 0.15) is 17.1 Å². The van der Waals surface area contributed by atoms with E-state index in [1.54, 1.807) is 6.07 Å². The molecular weight excluding hydrogens is 296 g/mol. The van der Waals surface area contributed by atoms with Crippen LogP contribution in [0.4, 0.5) is 0 Å². The van der Waals surface area contributed by atoms with E-state index in [-0.39, 0.29) is 23.3 Å². The lowest BCUT2D eigenvalue weighted by Gasteiger charge is -2.18. The van der Waals surface area contributed by atoms with Crippen LogP contribution in [0.2, 0.25) is 0 Å². The van der Waals surface area contributed by atoms with Crippen LogP contribution in [0.15, 0.2) is 24.3 Å². The van der Waals surface area contributed by atoms with Crippen molar-refractivity contribution in [1.82, 2.24) is 0 Å². The van der Waals surface area contributed by atoms with Gasteiger partial charge < -0.3 is 14.2 Å². The molecule has 3 rings (SSSR count). The third-order valence-corrected chi connectivity index (χ3v) is 3.41. The second kappa shape index (κ2) is 5.57. The second-order valence-corrected chi connectivity index (χ2v) is 5.99. The molecule has 1 aliphatic rings. The lowest BCUT2D eigenvalue weighted by atomic mass is 9.99. The van der Waals surface area contributed by atoms with Gasteiger partial charge in [0.15, 0.2) is 0 Å². The molecule has 0 fully saturated rings. The number of cyclic esters (lactones) is 2. The standard InChI is InChI=1S/C18H18O5/c1-9(2)21-13-7-5-6-11-8-12-15(18(20)23-17(12)19)16(14(11)13)22-10(3)4/h5-10H,1-4H3. The number of rotatable bonds is 4. The van der Waals surface area contributed by atoms with Gasteiger partial charge >= 0.3 is 11.9 Å². The highest BCUT2D eigenvalue weighted by Crippen LogP contribution is 2.42. The highest BCUT2D eigenvalue weighted by Gasteiger charge is 2.35. The zero-order valence-electron chi connectivity index (χ0n) is 13.5. The van der Waals surface area contributed by atoms with E-state index >= 15 is 0 Å². The maximum atomic E-state index is 12.1. The maximum Gasteiger partial charge on any atom is 0.350 e. The molecule has 0 atom stereocenters. The largest absolute Gasteiger partial charge is 0.490 e. The summed E-state index contributed by atoms with van der Waals surface area (Å²) >= 11 is 0. The van der Waals surface area contributed by atoms with E-state index in [4.69, 9.17) is 14.2 Å². The molecule has 0 aliphatic carbocycles. The Balaban J connectivity index is 2.36. The smallest absolute Gasteiger partial charge is 0.350 e. The summed E-state index contributed by atoms with van der Waals surface area (Å²) in [5, 5.41) is 1.45. The van der Waals surface area contributed by atoms with Crippen LogP contribution in [0.25, 0.3) is 10.8 Å². The fourth-order valence-electron chi connectivity index (χ4n) is 2.65. The highest BCUT2D eigenvalue weighted by atomic mass is 16.6. The average molecular weight is 314 g/mol. The second-order valence-electron chi connectivity index (χ2n) is 5.99. The summed E-state index contributed by atoms with van der Waals surface area (Å²) < 4.78 is 16.5. The van der Waals surface area contributed by atoms with Crippen LogP contribution in [-0.2, 0) is 4.74 Å². The van der Waals surface area contributed by atoms with E-state index in [0.717, 1.165) is 5.39 Å². The van der Waals surface area contributed by atoms with Gasteiger partial charge in [0.05, 0.1) is 23.2 Å². The first-order chi connectivity index (χ1) is 10.9. The predicted molar refractivity (Wildman–Crippen MR) is 85.2 cm³/mol. The summed E-state index contributed by atoms with van der Waals surface area (Å²) in [6.07, 6.45) is -0.199. The van der Waals surface area contributed by atoms with Crippen molar-refractivity contribution < 1.29 is 23.8 Å². The Morgan fingerprint density at radius 3 is 2.30 bits per heavy atom. The zero-order valence-corrected chi connectivity index (χ0v) is 13.5. The molecule has 0 saturated heterocycles. The number of fused-ring (bicyclic) bond motifs is 2. The molecule has 1 aliphatic heterocycles. The van der Waals surface area contributed by atoms with Crippen LogP contribution in [0.5, 0.6) is 11.5 Å². The summed E-state index contributed by atoms with van der Waals surface area (Å²) in [4.78, 5) is 24.0. The number of hydrogen-bond donors (Lipinski definition) is 0. The Bertz CT molecular complexity index is 805. The van der Waals surface area contributed by atoms with Gasteiger partial charge in [-0.05, 0) is 45.2 Å². The fraction of sp³-hybridized carbons (Fsp3) is 0.333. The van der Waals surface area contributed by atoms with Crippen molar-refractivity contribution in [3.8, 4) is 11.5 Å². The molecule has 0 unspecified atom stereocenters. The molecule has 5 heteroatoms. The maximum absolute atomic E-state index is 12.1. The Morgan fingerprint density at radius 1 is 0.957 bits per heavy atom. The molecule has 0 aromatic heterocycles. The molecule has 120 valence electrons. The van der Waals surface area contributed by atoms with Crippen LogP contribution >= 0.6 is 0 Å². The van der Waals surface area contributed by atoms with E-state index in [1.807, 2.05) is 45.9 Å². The van der Waals surface area contributed by atoms with E-state index < -0.39 is 11.9 Å². The van der Waals surface area contributed by atoms with Crippen LogP contribution in [0.3, 0.4) is 0 Å². The molecule has 23 heavy (non-hydrogen) atoms. The first kappa shape index (κ1) is 15.3.